The third-order valence-corrected chi connectivity index (χ3v) is 3.10. The highest BCUT2D eigenvalue weighted by Crippen LogP contribution is 2.17. The van der Waals surface area contributed by atoms with E-state index >= 15 is 0 Å². The van der Waals surface area contributed by atoms with Gasteiger partial charge in [0.1, 0.15) is 5.75 Å². The van der Waals surface area contributed by atoms with Gasteiger partial charge >= 0.3 is 5.97 Å². The van der Waals surface area contributed by atoms with Crippen LogP contribution in [0.15, 0.2) is 48.5 Å². The molecule has 2 aromatic carbocycles. The number of para-hydroxylation sites is 1. The number of esters is 1. The van der Waals surface area contributed by atoms with Gasteiger partial charge in [-0.15, -0.1) is 0 Å². The lowest BCUT2D eigenvalue weighted by Gasteiger charge is -2.07. The predicted molar refractivity (Wildman–Crippen MR) is 76.6 cm³/mol. The molecule has 0 bridgehead atoms. The van der Waals surface area contributed by atoms with Crippen LogP contribution in [0.25, 0.3) is 0 Å². The summed E-state index contributed by atoms with van der Waals surface area (Å²) in [6, 6.07) is 15.0. The fourth-order valence-electron chi connectivity index (χ4n) is 1.74. The lowest BCUT2D eigenvalue weighted by atomic mass is 10.1. The molecular weight excluding hydrogens is 260 g/mol. The second-order valence-electron chi connectivity index (χ2n) is 4.37. The maximum atomic E-state index is 11.8. The molecule has 0 saturated carbocycles. The number of aryl methyl sites for hydroxylation is 2. The van der Waals surface area contributed by atoms with Gasteiger partial charge in [-0.2, -0.15) is 0 Å². The molecule has 0 aliphatic rings. The molecule has 19 heavy (non-hydrogen) atoms. The van der Waals surface area contributed by atoms with E-state index in [0.29, 0.717) is 23.6 Å². The van der Waals surface area contributed by atoms with Crippen LogP contribution in [-0.2, 0) is 11.2 Å². The van der Waals surface area contributed by atoms with Crippen molar-refractivity contribution < 1.29 is 9.53 Å². The van der Waals surface area contributed by atoms with Crippen molar-refractivity contribution in [2.24, 2.45) is 0 Å². The molecule has 0 radical (unpaired) electrons. The number of carbonyl (C=O) groups excluding carboxylic acids is 1. The Bertz CT molecular complexity index is 561. The molecule has 0 aromatic heterocycles. The molecule has 0 spiro atoms. The minimum Gasteiger partial charge on any atom is -0.426 e. The Morgan fingerprint density at radius 1 is 1.11 bits per heavy atom. The molecule has 3 heteroatoms. The first-order valence-electron chi connectivity index (χ1n) is 6.16. The van der Waals surface area contributed by atoms with Crippen LogP contribution >= 0.6 is 11.6 Å². The second kappa shape index (κ2) is 6.39. The summed E-state index contributed by atoms with van der Waals surface area (Å²) in [5.74, 6) is 0.410. The van der Waals surface area contributed by atoms with Crippen molar-refractivity contribution in [3.63, 3.8) is 0 Å². The first-order chi connectivity index (χ1) is 9.15. The van der Waals surface area contributed by atoms with E-state index in [4.69, 9.17) is 16.3 Å². The van der Waals surface area contributed by atoms with Crippen LogP contribution in [-0.4, -0.2) is 5.97 Å². The summed E-state index contributed by atoms with van der Waals surface area (Å²) in [6.45, 7) is 1.92. The first-order valence-corrected chi connectivity index (χ1v) is 6.54. The monoisotopic (exact) mass is 274 g/mol. The molecule has 0 unspecified atom stereocenters. The van der Waals surface area contributed by atoms with Crippen molar-refractivity contribution >= 4 is 17.6 Å². The predicted octanol–water partition coefficient (Wildman–Crippen LogP) is 4.19. The van der Waals surface area contributed by atoms with E-state index in [-0.39, 0.29) is 5.97 Å². The highest BCUT2D eigenvalue weighted by Gasteiger charge is 2.07. The average molecular weight is 275 g/mol. The van der Waals surface area contributed by atoms with Crippen LogP contribution in [0.2, 0.25) is 5.02 Å². The Balaban J connectivity index is 1.88. The zero-order chi connectivity index (χ0) is 13.7. The lowest BCUT2D eigenvalue weighted by Crippen LogP contribution is -2.09. The summed E-state index contributed by atoms with van der Waals surface area (Å²) < 4.78 is 5.33. The molecule has 0 N–H and O–H groups in total. The smallest absolute Gasteiger partial charge is 0.311 e. The summed E-state index contributed by atoms with van der Waals surface area (Å²) in [5, 5.41) is 0.700. The van der Waals surface area contributed by atoms with E-state index in [2.05, 4.69) is 0 Å². The minimum absolute atomic E-state index is 0.218. The fourth-order valence-corrected chi connectivity index (χ4v) is 1.87. The van der Waals surface area contributed by atoms with Crippen LogP contribution in [0, 0.1) is 6.92 Å². The van der Waals surface area contributed by atoms with Gasteiger partial charge in [-0.05, 0) is 42.7 Å². The molecule has 0 amide bonds. The van der Waals surface area contributed by atoms with E-state index in [9.17, 15) is 4.79 Å². The molecule has 2 rings (SSSR count). The molecule has 0 fully saturated rings. The van der Waals surface area contributed by atoms with Crippen LogP contribution in [0.1, 0.15) is 17.5 Å². The van der Waals surface area contributed by atoms with Gasteiger partial charge in [0.25, 0.3) is 0 Å². The van der Waals surface area contributed by atoms with E-state index in [1.165, 1.54) is 0 Å². The SMILES string of the molecule is Cc1ccccc1OC(=O)CCc1ccc(Cl)cc1. The standard InChI is InChI=1S/C16H15ClO2/c1-12-4-2-3-5-15(12)19-16(18)11-8-13-6-9-14(17)10-7-13/h2-7,9-10H,8,11H2,1H3. The van der Waals surface area contributed by atoms with Gasteiger partial charge in [0.05, 0.1) is 0 Å². The van der Waals surface area contributed by atoms with Crippen molar-refractivity contribution in [3.05, 3.63) is 64.7 Å². The molecule has 0 atom stereocenters. The summed E-state index contributed by atoms with van der Waals surface area (Å²) in [6.07, 6.45) is 1.01. The van der Waals surface area contributed by atoms with Gasteiger partial charge < -0.3 is 4.74 Å². The van der Waals surface area contributed by atoms with Crippen molar-refractivity contribution in [1.29, 1.82) is 0 Å². The van der Waals surface area contributed by atoms with Crippen LogP contribution in [0.3, 0.4) is 0 Å². The highest BCUT2D eigenvalue weighted by molar-refractivity contribution is 6.30. The molecule has 0 saturated heterocycles. The molecule has 0 heterocycles. The van der Waals surface area contributed by atoms with E-state index < -0.39 is 0 Å². The normalized spacial score (nSPS) is 10.2. The van der Waals surface area contributed by atoms with Crippen molar-refractivity contribution in [2.45, 2.75) is 19.8 Å². The largest absolute Gasteiger partial charge is 0.426 e. The molecule has 2 aromatic rings. The van der Waals surface area contributed by atoms with E-state index in [1.807, 2.05) is 49.4 Å². The molecule has 2 nitrogen and oxygen atoms in total. The van der Waals surface area contributed by atoms with Crippen LogP contribution in [0.4, 0.5) is 0 Å². The Morgan fingerprint density at radius 3 is 2.47 bits per heavy atom. The Hall–Kier alpha value is -1.80. The quantitative estimate of drug-likeness (QED) is 0.617. The van der Waals surface area contributed by atoms with Gasteiger partial charge in [-0.1, -0.05) is 41.9 Å². The van der Waals surface area contributed by atoms with Gasteiger partial charge in [0.15, 0.2) is 0 Å². The minimum atomic E-state index is -0.218. The summed E-state index contributed by atoms with van der Waals surface area (Å²) in [5.41, 5.74) is 2.04. The van der Waals surface area contributed by atoms with Gasteiger partial charge in [0.2, 0.25) is 0 Å². The van der Waals surface area contributed by atoms with Crippen molar-refractivity contribution in [2.75, 3.05) is 0 Å². The Morgan fingerprint density at radius 2 is 1.79 bits per heavy atom. The fraction of sp³-hybridized carbons (Fsp3) is 0.188. The number of halogens is 1. The maximum absolute atomic E-state index is 11.8. The zero-order valence-electron chi connectivity index (χ0n) is 10.7. The molecule has 0 aliphatic heterocycles. The number of hydrogen-bond donors (Lipinski definition) is 0. The van der Waals surface area contributed by atoms with Gasteiger partial charge in [0, 0.05) is 11.4 Å². The third kappa shape index (κ3) is 4.11. The molecular formula is C16H15ClO2. The maximum Gasteiger partial charge on any atom is 0.311 e. The Kier molecular flexibility index (Phi) is 4.58. The number of carbonyl (C=O) groups is 1. The number of rotatable bonds is 4. The highest BCUT2D eigenvalue weighted by atomic mass is 35.5. The van der Waals surface area contributed by atoms with E-state index in [0.717, 1.165) is 11.1 Å². The number of hydrogen-bond acceptors (Lipinski definition) is 2. The first kappa shape index (κ1) is 13.6. The third-order valence-electron chi connectivity index (χ3n) is 2.85. The van der Waals surface area contributed by atoms with Gasteiger partial charge in [-0.3, -0.25) is 4.79 Å². The number of ether oxygens (including phenoxy) is 1. The lowest BCUT2D eigenvalue weighted by molar-refractivity contribution is -0.134. The van der Waals surface area contributed by atoms with Gasteiger partial charge in [-0.25, -0.2) is 0 Å². The second-order valence-corrected chi connectivity index (χ2v) is 4.80. The summed E-state index contributed by atoms with van der Waals surface area (Å²) >= 11 is 5.81. The van der Waals surface area contributed by atoms with Crippen LogP contribution in [0.5, 0.6) is 5.75 Å². The molecule has 98 valence electrons. The Labute approximate surface area is 118 Å². The summed E-state index contributed by atoms with van der Waals surface area (Å²) in [7, 11) is 0. The average Bonchev–Trinajstić information content (AvgIpc) is 2.41. The summed E-state index contributed by atoms with van der Waals surface area (Å²) in [4.78, 5) is 11.8. The van der Waals surface area contributed by atoms with Crippen LogP contribution < -0.4 is 4.74 Å². The number of benzene rings is 2. The van der Waals surface area contributed by atoms with Crippen molar-refractivity contribution in [1.82, 2.24) is 0 Å². The van der Waals surface area contributed by atoms with Crippen molar-refractivity contribution in [3.8, 4) is 5.75 Å². The zero-order valence-corrected chi connectivity index (χ0v) is 11.5. The topological polar surface area (TPSA) is 26.3 Å². The van der Waals surface area contributed by atoms with E-state index in [1.54, 1.807) is 6.07 Å². The molecule has 0 aliphatic carbocycles.